The molecule has 1 unspecified atom stereocenters. The van der Waals surface area contributed by atoms with Crippen LogP contribution in [0.15, 0.2) is 53.4 Å². The van der Waals surface area contributed by atoms with Crippen LogP contribution in [0.3, 0.4) is 0 Å². The number of anilines is 1. The second kappa shape index (κ2) is 8.23. The van der Waals surface area contributed by atoms with Crippen molar-refractivity contribution in [1.82, 2.24) is 0 Å². The number of carbonyl (C=O) groups is 1. The van der Waals surface area contributed by atoms with E-state index >= 15 is 0 Å². The summed E-state index contributed by atoms with van der Waals surface area (Å²) < 4.78 is 5.57. The van der Waals surface area contributed by atoms with Crippen molar-refractivity contribution >= 4 is 29.0 Å². The summed E-state index contributed by atoms with van der Waals surface area (Å²) in [5.41, 5.74) is 0.975. The first-order chi connectivity index (χ1) is 12.5. The fourth-order valence-corrected chi connectivity index (χ4v) is 3.91. The fourth-order valence-electron chi connectivity index (χ4n) is 2.80. The molecular weight excluding hydrogens is 352 g/mol. The van der Waals surface area contributed by atoms with Crippen molar-refractivity contribution in [3.8, 4) is 5.75 Å². The maximum atomic E-state index is 12.7. The maximum absolute atomic E-state index is 12.7. The molecule has 0 fully saturated rings. The summed E-state index contributed by atoms with van der Waals surface area (Å²) in [6, 6.07) is 13.8. The molecule has 0 N–H and O–H groups in total. The normalized spacial score (nSPS) is 16.5. The molecule has 0 aliphatic carbocycles. The Morgan fingerprint density at radius 3 is 2.73 bits per heavy atom. The zero-order chi connectivity index (χ0) is 18.5. The molecule has 2 aromatic rings. The van der Waals surface area contributed by atoms with Gasteiger partial charge in [0.1, 0.15) is 5.75 Å². The number of non-ortho nitro benzene ring substituents is 1. The highest BCUT2D eigenvalue weighted by molar-refractivity contribution is 8.00. The van der Waals surface area contributed by atoms with Gasteiger partial charge >= 0.3 is 0 Å². The molecule has 6 nitrogen and oxygen atoms in total. The van der Waals surface area contributed by atoms with Gasteiger partial charge in [0.15, 0.2) is 0 Å². The van der Waals surface area contributed by atoms with E-state index in [0.717, 1.165) is 17.0 Å². The van der Waals surface area contributed by atoms with Crippen LogP contribution < -0.4 is 9.64 Å². The van der Waals surface area contributed by atoms with E-state index in [9.17, 15) is 14.9 Å². The molecule has 26 heavy (non-hydrogen) atoms. The van der Waals surface area contributed by atoms with Gasteiger partial charge in [-0.25, -0.2) is 0 Å². The number of carbonyl (C=O) groups excluding carboxylic acids is 1. The standard InChI is InChI=1S/C19H20N2O4S/c1-14-10-12-20(17-4-2-3-5-18(17)26-14)19(22)11-13-25-16-8-6-15(7-9-16)21(23)24/h2-9,14H,10-13H2,1H3. The number of para-hydroxylation sites is 1. The number of nitrogens with zero attached hydrogens (tertiary/aromatic N) is 2. The van der Waals surface area contributed by atoms with E-state index in [1.54, 1.807) is 23.9 Å². The summed E-state index contributed by atoms with van der Waals surface area (Å²) in [5.74, 6) is 0.540. The number of nitro benzene ring substituents is 1. The minimum absolute atomic E-state index is 0.0150. The molecule has 1 aliphatic rings. The van der Waals surface area contributed by atoms with Crippen LogP contribution in [0, 0.1) is 10.1 Å². The van der Waals surface area contributed by atoms with Crippen LogP contribution in [-0.2, 0) is 4.79 Å². The number of hydrogen-bond donors (Lipinski definition) is 0. The van der Waals surface area contributed by atoms with Gasteiger partial charge < -0.3 is 9.64 Å². The smallest absolute Gasteiger partial charge is 0.269 e. The summed E-state index contributed by atoms with van der Waals surface area (Å²) in [6.45, 7) is 3.10. The first-order valence-electron chi connectivity index (χ1n) is 8.48. The lowest BCUT2D eigenvalue weighted by atomic mass is 10.2. The molecule has 1 atom stereocenters. The molecule has 0 saturated heterocycles. The molecular formula is C19H20N2O4S. The van der Waals surface area contributed by atoms with Crippen molar-refractivity contribution in [1.29, 1.82) is 0 Å². The number of amides is 1. The van der Waals surface area contributed by atoms with Crippen molar-refractivity contribution in [3.05, 3.63) is 58.6 Å². The minimum atomic E-state index is -0.455. The van der Waals surface area contributed by atoms with Gasteiger partial charge in [0.05, 0.1) is 23.6 Å². The van der Waals surface area contributed by atoms with E-state index in [1.165, 1.54) is 12.1 Å². The predicted molar refractivity (Wildman–Crippen MR) is 102 cm³/mol. The average molecular weight is 372 g/mol. The van der Waals surface area contributed by atoms with Crippen LogP contribution >= 0.6 is 11.8 Å². The highest BCUT2D eigenvalue weighted by atomic mass is 32.2. The summed E-state index contributed by atoms with van der Waals surface area (Å²) in [7, 11) is 0. The van der Waals surface area contributed by atoms with Crippen LogP contribution in [0.2, 0.25) is 0 Å². The molecule has 1 amide bonds. The Hall–Kier alpha value is -2.54. The van der Waals surface area contributed by atoms with Gasteiger partial charge in [-0.2, -0.15) is 0 Å². The maximum Gasteiger partial charge on any atom is 0.269 e. The zero-order valence-corrected chi connectivity index (χ0v) is 15.3. The van der Waals surface area contributed by atoms with Gasteiger partial charge in [0, 0.05) is 28.8 Å². The van der Waals surface area contributed by atoms with Gasteiger partial charge in [-0.05, 0) is 30.7 Å². The molecule has 0 aromatic heterocycles. The number of hydrogen-bond acceptors (Lipinski definition) is 5. The van der Waals surface area contributed by atoms with Crippen LogP contribution in [0.25, 0.3) is 0 Å². The molecule has 1 aliphatic heterocycles. The number of thioether (sulfide) groups is 1. The highest BCUT2D eigenvalue weighted by Gasteiger charge is 2.23. The average Bonchev–Trinajstić information content (AvgIpc) is 2.80. The van der Waals surface area contributed by atoms with E-state index in [0.29, 0.717) is 17.5 Å². The first kappa shape index (κ1) is 18.3. The lowest BCUT2D eigenvalue weighted by Gasteiger charge is -2.22. The van der Waals surface area contributed by atoms with Crippen molar-refractivity contribution < 1.29 is 14.5 Å². The van der Waals surface area contributed by atoms with Crippen LogP contribution in [-0.4, -0.2) is 29.2 Å². The monoisotopic (exact) mass is 372 g/mol. The Kier molecular flexibility index (Phi) is 5.78. The Morgan fingerprint density at radius 2 is 2.00 bits per heavy atom. The minimum Gasteiger partial charge on any atom is -0.493 e. The van der Waals surface area contributed by atoms with Crippen molar-refractivity contribution in [2.24, 2.45) is 0 Å². The van der Waals surface area contributed by atoms with E-state index < -0.39 is 4.92 Å². The van der Waals surface area contributed by atoms with Crippen molar-refractivity contribution in [2.45, 2.75) is 29.9 Å². The van der Waals surface area contributed by atoms with Gasteiger partial charge in [-0.3, -0.25) is 14.9 Å². The highest BCUT2D eigenvalue weighted by Crippen LogP contribution is 2.37. The molecule has 0 radical (unpaired) electrons. The number of fused-ring (bicyclic) bond motifs is 1. The Morgan fingerprint density at radius 1 is 1.27 bits per heavy atom. The third-order valence-corrected chi connectivity index (χ3v) is 5.41. The number of rotatable bonds is 5. The lowest BCUT2D eigenvalue weighted by Crippen LogP contribution is -2.33. The number of benzene rings is 2. The van der Waals surface area contributed by atoms with Crippen molar-refractivity contribution in [3.63, 3.8) is 0 Å². The molecule has 3 rings (SSSR count). The summed E-state index contributed by atoms with van der Waals surface area (Å²) in [6.07, 6.45) is 1.19. The third kappa shape index (κ3) is 4.35. The van der Waals surface area contributed by atoms with Crippen LogP contribution in [0.5, 0.6) is 5.75 Å². The quantitative estimate of drug-likeness (QED) is 0.578. The molecule has 0 saturated carbocycles. The first-order valence-corrected chi connectivity index (χ1v) is 9.36. The van der Waals surface area contributed by atoms with E-state index in [2.05, 4.69) is 13.0 Å². The topological polar surface area (TPSA) is 72.7 Å². The molecule has 7 heteroatoms. The van der Waals surface area contributed by atoms with Crippen LogP contribution in [0.4, 0.5) is 11.4 Å². The predicted octanol–water partition coefficient (Wildman–Crippen LogP) is 4.28. The fraction of sp³-hybridized carbons (Fsp3) is 0.316. The second-order valence-corrected chi connectivity index (χ2v) is 7.56. The Balaban J connectivity index is 1.60. The van der Waals surface area contributed by atoms with Gasteiger partial charge in [0.2, 0.25) is 5.91 Å². The van der Waals surface area contributed by atoms with E-state index in [-0.39, 0.29) is 24.6 Å². The Bertz CT molecular complexity index is 794. The molecule has 0 spiro atoms. The largest absolute Gasteiger partial charge is 0.493 e. The summed E-state index contributed by atoms with van der Waals surface area (Å²) in [5, 5.41) is 11.1. The van der Waals surface area contributed by atoms with Gasteiger partial charge in [0.25, 0.3) is 5.69 Å². The van der Waals surface area contributed by atoms with E-state index in [1.807, 2.05) is 23.1 Å². The van der Waals surface area contributed by atoms with Crippen molar-refractivity contribution in [2.75, 3.05) is 18.1 Å². The zero-order valence-electron chi connectivity index (χ0n) is 14.5. The number of ether oxygens (including phenoxy) is 1. The Labute approximate surface area is 156 Å². The SMILES string of the molecule is CC1CCN(C(=O)CCOc2ccc([N+](=O)[O-])cc2)c2ccccc2S1. The summed E-state index contributed by atoms with van der Waals surface area (Å²) >= 11 is 1.80. The summed E-state index contributed by atoms with van der Waals surface area (Å²) in [4.78, 5) is 25.9. The number of nitro groups is 1. The van der Waals surface area contributed by atoms with Crippen LogP contribution in [0.1, 0.15) is 19.8 Å². The second-order valence-electron chi connectivity index (χ2n) is 6.08. The third-order valence-electron chi connectivity index (χ3n) is 4.18. The van der Waals surface area contributed by atoms with Gasteiger partial charge in [-0.15, -0.1) is 11.8 Å². The molecule has 136 valence electrons. The van der Waals surface area contributed by atoms with E-state index in [4.69, 9.17) is 4.74 Å². The van der Waals surface area contributed by atoms with Gasteiger partial charge in [-0.1, -0.05) is 19.1 Å². The molecule has 0 bridgehead atoms. The molecule has 1 heterocycles. The lowest BCUT2D eigenvalue weighted by molar-refractivity contribution is -0.384. The molecule has 2 aromatic carbocycles.